The molecule has 0 aliphatic carbocycles. The predicted molar refractivity (Wildman–Crippen MR) is 52.8 cm³/mol. The lowest BCUT2D eigenvalue weighted by molar-refractivity contribution is -1.06. The van der Waals surface area contributed by atoms with Crippen LogP contribution in [0.2, 0.25) is 0 Å². The highest BCUT2D eigenvalue weighted by Crippen LogP contribution is 2.05. The number of hydroxylamine groups is 3. The number of halogens is 1. The first kappa shape index (κ1) is 15.6. The fourth-order valence-electron chi connectivity index (χ4n) is 0.887. The molecule has 0 saturated heterocycles. The van der Waals surface area contributed by atoms with E-state index in [4.69, 9.17) is 4.84 Å². The number of carbonyl (C=O) groups is 1. The standard InChI is InChI=1S/C10H20NO2.FH/c1-6-7-8-11(4,5)13-10(12)9(2)3;/h2,6-8H2,1,3-5H3;1H/q+1;/p-1. The van der Waals surface area contributed by atoms with Crippen molar-refractivity contribution in [3.8, 4) is 0 Å². The smallest absolute Gasteiger partial charge is 0.392 e. The Morgan fingerprint density at radius 1 is 1.43 bits per heavy atom. The first-order valence-electron chi connectivity index (χ1n) is 4.61. The first-order chi connectivity index (χ1) is 5.89. The van der Waals surface area contributed by atoms with Gasteiger partial charge in [-0.25, -0.2) is 4.79 Å². The third kappa shape index (κ3) is 6.60. The van der Waals surface area contributed by atoms with Gasteiger partial charge in [-0.3, -0.25) is 4.84 Å². The number of rotatable bonds is 5. The molecule has 0 fully saturated rings. The third-order valence-corrected chi connectivity index (χ3v) is 1.73. The van der Waals surface area contributed by atoms with Crippen LogP contribution in [-0.4, -0.2) is 31.3 Å². The van der Waals surface area contributed by atoms with Crippen molar-refractivity contribution in [1.82, 2.24) is 0 Å². The molecule has 3 nitrogen and oxygen atoms in total. The highest BCUT2D eigenvalue weighted by atomic mass is 19.0. The van der Waals surface area contributed by atoms with E-state index in [0.717, 1.165) is 19.4 Å². The quantitative estimate of drug-likeness (QED) is 0.323. The molecular formula is C10H20FNO2. The summed E-state index contributed by atoms with van der Waals surface area (Å²) in [5, 5.41) is 0. The molecule has 0 amide bonds. The Morgan fingerprint density at radius 3 is 2.29 bits per heavy atom. The predicted octanol–water partition coefficient (Wildman–Crippen LogP) is -1.10. The van der Waals surface area contributed by atoms with Crippen LogP contribution in [0.5, 0.6) is 0 Å². The molecule has 0 atom stereocenters. The largest absolute Gasteiger partial charge is 1.00 e. The number of unbranched alkanes of at least 4 members (excludes halogenated alkanes) is 1. The Kier molecular flexibility index (Phi) is 7.27. The maximum atomic E-state index is 11.2. The number of carbonyl (C=O) groups excluding carboxylic acids is 1. The molecule has 14 heavy (non-hydrogen) atoms. The molecule has 0 aliphatic heterocycles. The molecular weight excluding hydrogens is 185 g/mol. The van der Waals surface area contributed by atoms with E-state index in [0.29, 0.717) is 5.57 Å². The van der Waals surface area contributed by atoms with E-state index in [1.165, 1.54) is 0 Å². The van der Waals surface area contributed by atoms with Crippen molar-refractivity contribution in [2.24, 2.45) is 0 Å². The zero-order valence-electron chi connectivity index (χ0n) is 9.47. The Labute approximate surface area is 85.3 Å². The molecule has 0 aromatic carbocycles. The summed E-state index contributed by atoms with van der Waals surface area (Å²) in [6.07, 6.45) is 2.16. The second-order valence-electron chi connectivity index (χ2n) is 3.81. The van der Waals surface area contributed by atoms with Gasteiger partial charge in [0.05, 0.1) is 0 Å². The van der Waals surface area contributed by atoms with Crippen molar-refractivity contribution in [2.75, 3.05) is 20.6 Å². The fraction of sp³-hybridized carbons (Fsp3) is 0.700. The second-order valence-corrected chi connectivity index (χ2v) is 3.81. The van der Waals surface area contributed by atoms with Crippen LogP contribution in [0.15, 0.2) is 12.2 Å². The van der Waals surface area contributed by atoms with Crippen molar-refractivity contribution in [3.05, 3.63) is 12.2 Å². The Bertz CT molecular complexity index is 202. The van der Waals surface area contributed by atoms with E-state index < -0.39 is 0 Å². The van der Waals surface area contributed by atoms with E-state index in [-0.39, 0.29) is 15.3 Å². The highest BCUT2D eigenvalue weighted by Gasteiger charge is 2.21. The van der Waals surface area contributed by atoms with Crippen LogP contribution >= 0.6 is 0 Å². The van der Waals surface area contributed by atoms with Crippen molar-refractivity contribution >= 4 is 5.97 Å². The van der Waals surface area contributed by atoms with Gasteiger partial charge >= 0.3 is 5.97 Å². The van der Waals surface area contributed by atoms with Crippen molar-refractivity contribution in [1.29, 1.82) is 0 Å². The van der Waals surface area contributed by atoms with Gasteiger partial charge in [-0.05, 0) is 13.3 Å². The molecule has 0 N–H and O–H groups in total. The van der Waals surface area contributed by atoms with Gasteiger partial charge < -0.3 is 4.70 Å². The molecule has 4 heteroatoms. The van der Waals surface area contributed by atoms with Crippen molar-refractivity contribution < 1.29 is 19.0 Å². The minimum atomic E-state index is -0.318. The molecule has 0 radical (unpaired) electrons. The number of nitrogens with zero attached hydrogens (tertiary/aromatic N) is 1. The van der Waals surface area contributed by atoms with Crippen LogP contribution in [0.1, 0.15) is 26.7 Å². The lowest BCUT2D eigenvalue weighted by Crippen LogP contribution is -3.00. The van der Waals surface area contributed by atoms with Crippen LogP contribution in [0, 0.1) is 0 Å². The zero-order chi connectivity index (χ0) is 10.5. The lowest BCUT2D eigenvalue weighted by Gasteiger charge is -2.25. The minimum Gasteiger partial charge on any atom is -1.00 e. The summed E-state index contributed by atoms with van der Waals surface area (Å²) in [4.78, 5) is 16.4. The number of hydrogen-bond acceptors (Lipinski definition) is 2. The summed E-state index contributed by atoms with van der Waals surface area (Å²) >= 11 is 0. The van der Waals surface area contributed by atoms with Crippen LogP contribution in [0.3, 0.4) is 0 Å². The van der Waals surface area contributed by atoms with Gasteiger partial charge in [0.1, 0.15) is 20.6 Å². The maximum Gasteiger partial charge on any atom is 0.392 e. The maximum absolute atomic E-state index is 11.2. The molecule has 84 valence electrons. The second kappa shape index (κ2) is 6.54. The summed E-state index contributed by atoms with van der Waals surface area (Å²) in [5.41, 5.74) is 0.447. The Morgan fingerprint density at radius 2 is 1.93 bits per heavy atom. The van der Waals surface area contributed by atoms with Gasteiger partial charge in [-0.2, -0.15) is 0 Å². The molecule has 0 aromatic rings. The van der Waals surface area contributed by atoms with Crippen LogP contribution in [-0.2, 0) is 9.63 Å². The highest BCUT2D eigenvalue weighted by molar-refractivity contribution is 5.86. The summed E-state index contributed by atoms with van der Waals surface area (Å²) in [6, 6.07) is 0. The Balaban J connectivity index is 0. The van der Waals surface area contributed by atoms with Crippen LogP contribution < -0.4 is 4.70 Å². The molecule has 0 spiro atoms. The average molecular weight is 205 g/mol. The van der Waals surface area contributed by atoms with Crippen LogP contribution in [0.4, 0.5) is 0 Å². The average Bonchev–Trinajstić information content (AvgIpc) is 2.00. The molecule has 0 saturated carbocycles. The lowest BCUT2D eigenvalue weighted by atomic mass is 10.3. The summed E-state index contributed by atoms with van der Waals surface area (Å²) in [6.45, 7) is 8.14. The summed E-state index contributed by atoms with van der Waals surface area (Å²) in [7, 11) is 3.74. The molecule has 0 unspecified atom stereocenters. The van der Waals surface area contributed by atoms with Gasteiger partial charge in [-0.1, -0.05) is 19.9 Å². The normalized spacial score (nSPS) is 10.3. The summed E-state index contributed by atoms with van der Waals surface area (Å²) in [5.74, 6) is -0.318. The van der Waals surface area contributed by atoms with Gasteiger partial charge in [0.15, 0.2) is 0 Å². The van der Waals surface area contributed by atoms with Crippen LogP contribution in [0.25, 0.3) is 0 Å². The molecule has 0 aliphatic rings. The fourth-order valence-corrected chi connectivity index (χ4v) is 0.887. The van der Waals surface area contributed by atoms with E-state index in [1.54, 1.807) is 6.92 Å². The van der Waals surface area contributed by atoms with Crippen molar-refractivity contribution in [2.45, 2.75) is 26.7 Å². The third-order valence-electron chi connectivity index (χ3n) is 1.73. The Hall–Kier alpha value is -0.900. The molecule has 0 aromatic heterocycles. The SMILES string of the molecule is C=C(C)C(=O)O[N+](C)(C)CCCC.[F-]. The van der Waals surface area contributed by atoms with Crippen molar-refractivity contribution in [3.63, 3.8) is 0 Å². The van der Waals surface area contributed by atoms with E-state index in [9.17, 15) is 4.79 Å². The van der Waals surface area contributed by atoms with E-state index in [2.05, 4.69) is 13.5 Å². The minimum absolute atomic E-state index is 0. The van der Waals surface area contributed by atoms with Gasteiger partial charge in [-0.15, -0.1) is 4.65 Å². The first-order valence-corrected chi connectivity index (χ1v) is 4.61. The monoisotopic (exact) mass is 205 g/mol. The topological polar surface area (TPSA) is 26.3 Å². The molecule has 0 rings (SSSR count). The van der Waals surface area contributed by atoms with Gasteiger partial charge in [0.2, 0.25) is 0 Å². The van der Waals surface area contributed by atoms with E-state index >= 15 is 0 Å². The number of quaternary nitrogens is 1. The molecule has 0 heterocycles. The zero-order valence-corrected chi connectivity index (χ0v) is 9.47. The van der Waals surface area contributed by atoms with Gasteiger partial charge in [0.25, 0.3) is 0 Å². The van der Waals surface area contributed by atoms with E-state index in [1.807, 2.05) is 14.1 Å². The number of hydrogen-bond donors (Lipinski definition) is 0. The summed E-state index contributed by atoms with van der Waals surface area (Å²) < 4.78 is 0.277. The van der Waals surface area contributed by atoms with Gasteiger partial charge in [0, 0.05) is 5.57 Å². The molecule has 0 bridgehead atoms.